The second-order valence-electron chi connectivity index (χ2n) is 5.44. The van der Waals surface area contributed by atoms with Crippen LogP contribution in [0.1, 0.15) is 11.5 Å². The Bertz CT molecular complexity index is 937. The summed E-state index contributed by atoms with van der Waals surface area (Å²) in [5, 5.41) is 8.32. The molecule has 146 valence electrons. The van der Waals surface area contributed by atoms with E-state index < -0.39 is 0 Å². The van der Waals surface area contributed by atoms with Gasteiger partial charge < -0.3 is 14.5 Å². The highest BCUT2D eigenvalue weighted by atomic mass is 35.5. The van der Waals surface area contributed by atoms with Gasteiger partial charge >= 0.3 is 6.02 Å². The van der Waals surface area contributed by atoms with Gasteiger partial charge in [0.15, 0.2) is 0 Å². The van der Waals surface area contributed by atoms with Crippen LogP contribution in [-0.2, 0) is 9.47 Å². The zero-order chi connectivity index (χ0) is 20.5. The van der Waals surface area contributed by atoms with Crippen LogP contribution in [-0.4, -0.2) is 36.1 Å². The second-order valence-corrected chi connectivity index (χ2v) is 7.00. The zero-order valence-electron chi connectivity index (χ0n) is 15.8. The number of amidine groups is 1. The number of nitrogens with zero attached hydrogens (tertiary/aromatic N) is 2. The molecule has 2 aromatic rings. The van der Waals surface area contributed by atoms with Crippen molar-refractivity contribution in [2.24, 2.45) is 4.99 Å². The van der Waals surface area contributed by atoms with Crippen LogP contribution in [0.15, 0.2) is 70.0 Å². The summed E-state index contributed by atoms with van der Waals surface area (Å²) in [4.78, 5) is 13.4. The molecule has 0 fully saturated rings. The fourth-order valence-corrected chi connectivity index (χ4v) is 3.20. The van der Waals surface area contributed by atoms with Crippen molar-refractivity contribution in [1.29, 1.82) is 5.41 Å². The summed E-state index contributed by atoms with van der Waals surface area (Å²) in [5.74, 6) is 0.833. The molecule has 0 spiro atoms. The first-order chi connectivity index (χ1) is 13.4. The lowest BCUT2D eigenvalue weighted by molar-refractivity contribution is 0.382. The molecular weight excluding hydrogens is 396 g/mol. The van der Waals surface area contributed by atoms with Crippen LogP contribution in [0.2, 0.25) is 5.02 Å². The SMILES string of the molecule is C=C(/C(=N\C(=N)OC)OC)c1[nH]c(C)nccccc1Sc1ccc(Cl)cc1. The normalized spacial score (nSPS) is 10.8. The van der Waals surface area contributed by atoms with Crippen LogP contribution in [0.25, 0.3) is 5.57 Å². The van der Waals surface area contributed by atoms with Gasteiger partial charge in [0, 0.05) is 21.0 Å². The number of methoxy groups -OCH3 is 2. The number of ether oxygens (including phenoxy) is 2. The van der Waals surface area contributed by atoms with Crippen LogP contribution < -0.4 is 0 Å². The lowest BCUT2D eigenvalue weighted by Crippen LogP contribution is -2.10. The fraction of sp³-hybridized carbons (Fsp3) is 0.150. The third kappa shape index (κ3) is 6.14. The van der Waals surface area contributed by atoms with Crippen molar-refractivity contribution in [2.75, 3.05) is 14.2 Å². The minimum atomic E-state index is -0.281. The standard InChI is InChI=1S/C20H21ClN4O2S/c1-13(19(26-3)25-20(22)27-4)18-17(7-5-6-12-23-14(2)24-18)28-16-10-8-15(21)9-11-16/h5-12,22H,1H2,2-4H3,(H,23,24)/b7-5?,12-6?,18-17?,22-20?,25-19+. The first-order valence-corrected chi connectivity index (χ1v) is 9.41. The molecule has 0 aliphatic heterocycles. The second kappa shape index (κ2) is 10.5. The molecule has 1 aromatic heterocycles. The Hall–Kier alpha value is -2.77. The molecule has 0 bridgehead atoms. The van der Waals surface area contributed by atoms with E-state index in [1.165, 1.54) is 26.0 Å². The van der Waals surface area contributed by atoms with Crippen LogP contribution in [0, 0.1) is 12.3 Å². The molecule has 28 heavy (non-hydrogen) atoms. The Morgan fingerprint density at radius 3 is 2.54 bits per heavy atom. The largest absolute Gasteiger partial charge is 0.480 e. The molecule has 8 heteroatoms. The van der Waals surface area contributed by atoms with Gasteiger partial charge in [-0.25, -0.2) is 10.4 Å². The van der Waals surface area contributed by atoms with Crippen molar-refractivity contribution in [1.82, 2.24) is 9.97 Å². The van der Waals surface area contributed by atoms with E-state index in [1.54, 1.807) is 6.20 Å². The summed E-state index contributed by atoms with van der Waals surface area (Å²) in [6.07, 6.45) is 1.70. The van der Waals surface area contributed by atoms with Crippen molar-refractivity contribution >= 4 is 40.9 Å². The monoisotopic (exact) mass is 416 g/mol. The number of aryl methyl sites for hydroxylation is 1. The smallest absolute Gasteiger partial charge is 0.311 e. The molecule has 0 unspecified atom stereocenters. The van der Waals surface area contributed by atoms with E-state index in [-0.39, 0.29) is 11.9 Å². The number of aliphatic imine (C=N–C) groups is 1. The van der Waals surface area contributed by atoms with Gasteiger partial charge in [0.1, 0.15) is 5.82 Å². The summed E-state index contributed by atoms with van der Waals surface area (Å²) >= 11 is 7.52. The third-order valence-corrected chi connectivity index (χ3v) is 4.78. The summed E-state index contributed by atoms with van der Waals surface area (Å²) in [5.41, 5.74) is 1.12. The van der Waals surface area contributed by atoms with Crippen LogP contribution in [0.5, 0.6) is 0 Å². The Kier molecular flexibility index (Phi) is 8.10. The highest BCUT2D eigenvalue weighted by molar-refractivity contribution is 7.99. The number of H-pyrrole nitrogens is 1. The van der Waals surface area contributed by atoms with Crippen molar-refractivity contribution in [2.45, 2.75) is 16.7 Å². The average Bonchev–Trinajstić information content (AvgIpc) is 2.78. The first kappa shape index (κ1) is 21.5. The summed E-state index contributed by atoms with van der Waals surface area (Å²) in [6.45, 7) is 5.95. The summed E-state index contributed by atoms with van der Waals surface area (Å²) < 4.78 is 10.2. The number of benzene rings is 1. The number of hydrogen-bond donors (Lipinski definition) is 2. The van der Waals surface area contributed by atoms with E-state index in [2.05, 4.69) is 21.5 Å². The fourth-order valence-electron chi connectivity index (χ4n) is 2.13. The quantitative estimate of drug-likeness (QED) is 0.524. The Labute approximate surface area is 173 Å². The molecule has 1 heterocycles. The van der Waals surface area contributed by atoms with Crippen molar-refractivity contribution in [3.05, 3.63) is 71.8 Å². The lowest BCUT2D eigenvalue weighted by Gasteiger charge is -2.12. The maximum absolute atomic E-state index is 7.65. The number of aromatic amines is 1. The lowest BCUT2D eigenvalue weighted by atomic mass is 10.2. The van der Waals surface area contributed by atoms with Gasteiger partial charge in [-0.05, 0) is 43.3 Å². The summed E-state index contributed by atoms with van der Waals surface area (Å²) in [7, 11) is 2.83. The van der Waals surface area contributed by atoms with E-state index in [0.717, 1.165) is 9.79 Å². The van der Waals surface area contributed by atoms with Gasteiger partial charge in [0.2, 0.25) is 5.90 Å². The molecule has 2 rings (SSSR count). The number of aromatic nitrogens is 2. The Morgan fingerprint density at radius 1 is 1.18 bits per heavy atom. The molecule has 0 aliphatic rings. The number of nitrogens with one attached hydrogen (secondary N) is 2. The van der Waals surface area contributed by atoms with E-state index in [1.807, 2.05) is 49.4 Å². The number of halogens is 1. The molecule has 0 radical (unpaired) electrons. The van der Waals surface area contributed by atoms with Crippen LogP contribution in [0.4, 0.5) is 0 Å². The van der Waals surface area contributed by atoms with Crippen molar-refractivity contribution in [3.8, 4) is 0 Å². The predicted octanol–water partition coefficient (Wildman–Crippen LogP) is 5.29. The first-order valence-electron chi connectivity index (χ1n) is 8.21. The minimum absolute atomic E-state index is 0.164. The van der Waals surface area contributed by atoms with Gasteiger partial charge in [-0.2, -0.15) is 4.99 Å². The van der Waals surface area contributed by atoms with E-state index in [9.17, 15) is 0 Å². The molecule has 1 aromatic carbocycles. The van der Waals surface area contributed by atoms with E-state index in [4.69, 9.17) is 26.5 Å². The van der Waals surface area contributed by atoms with Gasteiger partial charge in [0.05, 0.1) is 25.5 Å². The van der Waals surface area contributed by atoms with Gasteiger partial charge in [0.25, 0.3) is 0 Å². The van der Waals surface area contributed by atoms with Crippen LogP contribution in [0.3, 0.4) is 0 Å². The van der Waals surface area contributed by atoms with E-state index in [0.29, 0.717) is 22.1 Å². The molecule has 0 amide bonds. The summed E-state index contributed by atoms with van der Waals surface area (Å²) in [6, 6.07) is 12.9. The van der Waals surface area contributed by atoms with Crippen LogP contribution >= 0.6 is 23.4 Å². The third-order valence-electron chi connectivity index (χ3n) is 3.46. The highest BCUT2D eigenvalue weighted by Gasteiger charge is 2.15. The van der Waals surface area contributed by atoms with Crippen molar-refractivity contribution < 1.29 is 9.47 Å². The van der Waals surface area contributed by atoms with Crippen molar-refractivity contribution in [3.63, 3.8) is 0 Å². The van der Waals surface area contributed by atoms with Gasteiger partial charge in [-0.1, -0.05) is 36.0 Å². The Balaban J connectivity index is 2.62. The molecule has 0 saturated heterocycles. The molecule has 0 atom stereocenters. The number of rotatable bonds is 4. The number of hydrogen-bond acceptors (Lipinski definition) is 5. The molecule has 0 aliphatic carbocycles. The van der Waals surface area contributed by atoms with Gasteiger partial charge in [-0.3, -0.25) is 0 Å². The highest BCUT2D eigenvalue weighted by Crippen LogP contribution is 2.32. The maximum Gasteiger partial charge on any atom is 0.311 e. The maximum atomic E-state index is 7.65. The minimum Gasteiger partial charge on any atom is -0.480 e. The zero-order valence-corrected chi connectivity index (χ0v) is 17.4. The molecular formula is C20H21ClN4O2S. The molecule has 0 saturated carbocycles. The molecule has 2 N–H and O–H groups in total. The molecule has 6 nitrogen and oxygen atoms in total. The average molecular weight is 417 g/mol. The van der Waals surface area contributed by atoms with Gasteiger partial charge in [-0.15, -0.1) is 0 Å². The topological polar surface area (TPSA) is 83.4 Å². The van der Waals surface area contributed by atoms with E-state index >= 15 is 0 Å². The predicted molar refractivity (Wildman–Crippen MR) is 115 cm³/mol. The Morgan fingerprint density at radius 2 is 1.89 bits per heavy atom.